The number of nitrogens with two attached hydrogens (primary N) is 1. The number of halogens is 1. The van der Waals surface area contributed by atoms with E-state index in [1.807, 2.05) is 6.92 Å². The number of hydrogen-bond acceptors (Lipinski definition) is 3. The summed E-state index contributed by atoms with van der Waals surface area (Å²) in [4.78, 5) is 0. The van der Waals surface area contributed by atoms with Gasteiger partial charge in [-0.1, -0.05) is 12.2 Å². The van der Waals surface area contributed by atoms with Crippen molar-refractivity contribution in [2.75, 3.05) is 20.8 Å². The third-order valence-electron chi connectivity index (χ3n) is 2.32. The third-order valence-corrected chi connectivity index (χ3v) is 2.32. The van der Waals surface area contributed by atoms with E-state index in [0.717, 1.165) is 11.1 Å². The lowest BCUT2D eigenvalue weighted by Crippen LogP contribution is -1.99. The Morgan fingerprint density at radius 1 is 1.31 bits per heavy atom. The maximum Gasteiger partial charge on any atom is 0.197 e. The molecule has 1 aromatic carbocycles. The molecule has 0 atom stereocenters. The predicted molar refractivity (Wildman–Crippen MR) is 62.3 cm³/mol. The molecule has 0 aliphatic heterocycles. The van der Waals surface area contributed by atoms with Crippen LogP contribution in [0.3, 0.4) is 0 Å². The zero-order valence-corrected chi connectivity index (χ0v) is 9.71. The molecule has 1 rings (SSSR count). The number of hydrogen-bond donors (Lipinski definition) is 1. The minimum Gasteiger partial charge on any atom is -0.492 e. The summed E-state index contributed by atoms with van der Waals surface area (Å²) in [5, 5.41) is 0. The summed E-state index contributed by atoms with van der Waals surface area (Å²) >= 11 is 0. The second-order valence-electron chi connectivity index (χ2n) is 3.28. The van der Waals surface area contributed by atoms with Gasteiger partial charge in [0, 0.05) is 12.1 Å². The fourth-order valence-electron chi connectivity index (χ4n) is 1.52. The lowest BCUT2D eigenvalue weighted by molar-refractivity contribution is 0.335. The molecule has 2 N–H and O–H groups in total. The van der Waals surface area contributed by atoms with Gasteiger partial charge >= 0.3 is 0 Å². The van der Waals surface area contributed by atoms with E-state index in [1.165, 1.54) is 20.3 Å². The van der Waals surface area contributed by atoms with Crippen molar-refractivity contribution in [1.29, 1.82) is 0 Å². The van der Waals surface area contributed by atoms with Gasteiger partial charge < -0.3 is 15.2 Å². The Hall–Kier alpha value is -1.55. The molecule has 1 aromatic rings. The van der Waals surface area contributed by atoms with Crippen LogP contribution in [0.2, 0.25) is 0 Å². The zero-order chi connectivity index (χ0) is 12.1. The van der Waals surface area contributed by atoms with Crippen molar-refractivity contribution in [3.05, 3.63) is 29.1 Å². The Morgan fingerprint density at radius 3 is 2.44 bits per heavy atom. The van der Waals surface area contributed by atoms with Crippen molar-refractivity contribution < 1.29 is 13.9 Å². The Labute approximate surface area is 94.7 Å². The van der Waals surface area contributed by atoms with E-state index in [2.05, 4.69) is 0 Å². The monoisotopic (exact) mass is 225 g/mol. The van der Waals surface area contributed by atoms with E-state index in [-0.39, 0.29) is 5.75 Å². The molecule has 0 amide bonds. The molecule has 3 nitrogen and oxygen atoms in total. The molecule has 0 aliphatic rings. The molecular weight excluding hydrogens is 209 g/mol. The topological polar surface area (TPSA) is 44.5 Å². The van der Waals surface area contributed by atoms with Gasteiger partial charge in [0.2, 0.25) is 0 Å². The maximum atomic E-state index is 13.6. The first-order chi connectivity index (χ1) is 7.65. The Balaban J connectivity index is 3.34. The van der Waals surface area contributed by atoms with Crippen LogP contribution < -0.4 is 15.2 Å². The molecule has 0 fully saturated rings. The Morgan fingerprint density at radius 2 is 1.94 bits per heavy atom. The van der Waals surface area contributed by atoms with Gasteiger partial charge in [-0.25, -0.2) is 4.39 Å². The van der Waals surface area contributed by atoms with Gasteiger partial charge in [-0.15, -0.1) is 0 Å². The van der Waals surface area contributed by atoms with Gasteiger partial charge in [0.05, 0.1) is 14.2 Å². The highest BCUT2D eigenvalue weighted by Crippen LogP contribution is 2.36. The summed E-state index contributed by atoms with van der Waals surface area (Å²) in [6.07, 6.45) is 3.52. The maximum absolute atomic E-state index is 13.6. The summed E-state index contributed by atoms with van der Waals surface area (Å²) in [7, 11) is 2.90. The molecule has 0 aromatic heterocycles. The second kappa shape index (κ2) is 5.51. The van der Waals surface area contributed by atoms with Crippen LogP contribution >= 0.6 is 0 Å². The normalized spacial score (nSPS) is 10.8. The van der Waals surface area contributed by atoms with Crippen molar-refractivity contribution in [3.63, 3.8) is 0 Å². The van der Waals surface area contributed by atoms with E-state index in [1.54, 1.807) is 12.2 Å². The fourth-order valence-corrected chi connectivity index (χ4v) is 1.52. The molecule has 0 unspecified atom stereocenters. The van der Waals surface area contributed by atoms with E-state index >= 15 is 0 Å². The SMILES string of the molecule is COc1c(F)cc(/C=C/CN)c(C)c1OC. The standard InChI is InChI=1S/C12H16FNO2/c1-8-9(5-4-6-14)7-10(13)12(16-3)11(8)15-2/h4-5,7H,6,14H2,1-3H3/b5-4+. The third kappa shape index (κ3) is 2.33. The van der Waals surface area contributed by atoms with Crippen molar-refractivity contribution >= 4 is 6.08 Å². The Kier molecular flexibility index (Phi) is 4.31. The smallest absolute Gasteiger partial charge is 0.197 e. The second-order valence-corrected chi connectivity index (χ2v) is 3.28. The number of rotatable bonds is 4. The highest BCUT2D eigenvalue weighted by molar-refractivity contribution is 5.62. The molecule has 0 bridgehead atoms. The lowest BCUT2D eigenvalue weighted by atomic mass is 10.1. The first-order valence-electron chi connectivity index (χ1n) is 4.93. The zero-order valence-electron chi connectivity index (χ0n) is 9.71. The van der Waals surface area contributed by atoms with Crippen molar-refractivity contribution in [2.24, 2.45) is 5.73 Å². The van der Waals surface area contributed by atoms with Gasteiger partial charge in [0.1, 0.15) is 0 Å². The number of methoxy groups -OCH3 is 2. The molecule has 0 saturated heterocycles. The van der Waals surface area contributed by atoms with Crippen molar-refractivity contribution in [2.45, 2.75) is 6.92 Å². The first kappa shape index (κ1) is 12.5. The van der Waals surface area contributed by atoms with Gasteiger partial charge in [-0.2, -0.15) is 0 Å². The highest BCUT2D eigenvalue weighted by Gasteiger charge is 2.15. The summed E-state index contributed by atoms with van der Waals surface area (Å²) in [6, 6.07) is 1.41. The van der Waals surface area contributed by atoms with Crippen LogP contribution in [0, 0.1) is 12.7 Å². The van der Waals surface area contributed by atoms with Gasteiger partial charge in [-0.3, -0.25) is 0 Å². The average Bonchev–Trinajstić information content (AvgIpc) is 2.29. The first-order valence-corrected chi connectivity index (χ1v) is 4.93. The van der Waals surface area contributed by atoms with Crippen LogP contribution in [0.25, 0.3) is 6.08 Å². The number of benzene rings is 1. The molecule has 0 spiro atoms. The van der Waals surface area contributed by atoms with E-state index in [9.17, 15) is 4.39 Å². The van der Waals surface area contributed by atoms with E-state index < -0.39 is 5.82 Å². The molecule has 0 aliphatic carbocycles. The summed E-state index contributed by atoms with van der Waals surface area (Å²) in [5.41, 5.74) is 6.92. The lowest BCUT2D eigenvalue weighted by Gasteiger charge is -2.13. The largest absolute Gasteiger partial charge is 0.492 e. The van der Waals surface area contributed by atoms with Gasteiger partial charge in [0.25, 0.3) is 0 Å². The molecular formula is C12H16FNO2. The van der Waals surface area contributed by atoms with Crippen LogP contribution in [0.4, 0.5) is 4.39 Å². The molecule has 88 valence electrons. The van der Waals surface area contributed by atoms with Crippen molar-refractivity contribution in [1.82, 2.24) is 0 Å². The van der Waals surface area contributed by atoms with Crippen molar-refractivity contribution in [3.8, 4) is 11.5 Å². The van der Waals surface area contributed by atoms with Crippen LogP contribution in [-0.4, -0.2) is 20.8 Å². The molecule has 0 radical (unpaired) electrons. The van der Waals surface area contributed by atoms with Crippen LogP contribution in [-0.2, 0) is 0 Å². The quantitative estimate of drug-likeness (QED) is 0.853. The molecule has 0 heterocycles. The van der Waals surface area contributed by atoms with E-state index in [4.69, 9.17) is 15.2 Å². The Bertz CT molecular complexity index is 402. The summed E-state index contributed by atoms with van der Waals surface area (Å²) in [5.74, 6) is 0.102. The van der Waals surface area contributed by atoms with Crippen LogP contribution in [0.1, 0.15) is 11.1 Å². The summed E-state index contributed by atoms with van der Waals surface area (Å²) in [6.45, 7) is 2.26. The fraction of sp³-hybridized carbons (Fsp3) is 0.333. The van der Waals surface area contributed by atoms with Crippen LogP contribution in [0.15, 0.2) is 12.1 Å². The van der Waals surface area contributed by atoms with Crippen LogP contribution in [0.5, 0.6) is 11.5 Å². The molecule has 16 heavy (non-hydrogen) atoms. The average molecular weight is 225 g/mol. The highest BCUT2D eigenvalue weighted by atomic mass is 19.1. The molecule has 0 saturated carbocycles. The van der Waals surface area contributed by atoms with Gasteiger partial charge in [-0.05, 0) is 18.6 Å². The predicted octanol–water partition coefficient (Wildman–Crippen LogP) is 2.12. The number of ether oxygens (including phenoxy) is 2. The minimum atomic E-state index is -0.443. The summed E-state index contributed by atoms with van der Waals surface area (Å²) < 4.78 is 23.7. The minimum absolute atomic E-state index is 0.130. The van der Waals surface area contributed by atoms with Gasteiger partial charge in [0.15, 0.2) is 17.3 Å². The van der Waals surface area contributed by atoms with E-state index in [0.29, 0.717) is 12.3 Å². The molecule has 4 heteroatoms.